The van der Waals surface area contributed by atoms with Gasteiger partial charge in [0.1, 0.15) is 0 Å². The molecular weight excluding hydrogens is 1390 g/mol. The van der Waals surface area contributed by atoms with Gasteiger partial charge in [-0.05, 0) is 215 Å². The Morgan fingerprint density at radius 2 is 0.635 bits per heavy atom. The van der Waals surface area contributed by atoms with Crippen LogP contribution in [0.1, 0.15) is 169 Å². The fourth-order valence-corrected chi connectivity index (χ4v) is 18.4. The highest BCUT2D eigenvalue weighted by Gasteiger charge is 2.47. The molecule has 6 heterocycles. The van der Waals surface area contributed by atoms with Crippen LogP contribution in [0.3, 0.4) is 0 Å². The van der Waals surface area contributed by atoms with Gasteiger partial charge in [-0.15, -0.1) is 0 Å². The van der Waals surface area contributed by atoms with Crippen LogP contribution in [-0.2, 0) is 32.5 Å². The topological polar surface area (TPSA) is 34.4 Å². The standard InChI is InChI=1S/C108H100BN5O/c1-103(2,3)67-43-51-89-81(55-67)82-56-68(104(4,5)6)44-52-90(82)110(89)73-47-49-85-95(63-73)113(94-42-30-38-78-77-37-29-41-93(101(77)115-102(78)94)112-87-39-27-25-35-75(87)76-36-26-28-40-88(76)112)97-61-72(108(16,17)18)62-98-99(97)109(85)86-50-48-74(111-91-53-45-69(105(7,8)9)57-83(91)84-58-70(106(10,11)12)46-54-92(84)111)64-96(86)114(98)100-79(65-31-21-19-22-32-65)59-71(107(13,14)15)60-80(100)66-33-23-20-24-34-66/h19-64H,1-18H3/i25D,26D,27D,28D,35D,36D,39D,40D. The van der Waals surface area contributed by atoms with Crippen LogP contribution >= 0.6 is 0 Å². The van der Waals surface area contributed by atoms with Gasteiger partial charge in [-0.25, -0.2) is 0 Å². The first kappa shape index (κ1) is 63.4. The number of benzene rings is 14. The van der Waals surface area contributed by atoms with Crippen molar-refractivity contribution in [2.45, 2.75) is 157 Å². The molecule has 115 heavy (non-hydrogen) atoms. The molecule has 0 bridgehead atoms. The van der Waals surface area contributed by atoms with Crippen LogP contribution in [0.25, 0.3) is 127 Å². The van der Waals surface area contributed by atoms with Gasteiger partial charge in [0.05, 0.1) is 61.1 Å². The van der Waals surface area contributed by atoms with Crippen molar-refractivity contribution in [3.8, 4) is 39.3 Å². The van der Waals surface area contributed by atoms with Gasteiger partial charge in [-0.3, -0.25) is 0 Å². The van der Waals surface area contributed by atoms with Crippen LogP contribution < -0.4 is 26.2 Å². The monoisotopic (exact) mass is 1500 g/mol. The Hall–Kier alpha value is -12.1. The molecule has 0 saturated heterocycles. The van der Waals surface area contributed by atoms with Crippen molar-refractivity contribution in [3.63, 3.8) is 0 Å². The van der Waals surface area contributed by atoms with Crippen molar-refractivity contribution < 1.29 is 15.4 Å². The molecule has 20 rings (SSSR count). The molecule has 18 aromatic rings. The zero-order valence-corrected chi connectivity index (χ0v) is 69.2. The average molecular weight is 1500 g/mol. The number of fused-ring (bicyclic) bond motifs is 16. The fourth-order valence-electron chi connectivity index (χ4n) is 18.4. The first-order chi connectivity index (χ1) is 58.2. The molecule has 0 N–H and O–H groups in total. The molecular formula is C108H100BN5O. The van der Waals surface area contributed by atoms with E-state index in [2.05, 4.69) is 356 Å². The van der Waals surface area contributed by atoms with Crippen molar-refractivity contribution in [1.82, 2.24) is 13.7 Å². The zero-order chi connectivity index (χ0) is 86.6. The van der Waals surface area contributed by atoms with E-state index in [1.54, 1.807) is 4.57 Å². The van der Waals surface area contributed by atoms with Gasteiger partial charge in [-0.1, -0.05) is 282 Å². The third-order valence-electron chi connectivity index (χ3n) is 24.8. The summed E-state index contributed by atoms with van der Waals surface area (Å²) in [6.07, 6.45) is 0. The predicted molar refractivity (Wildman–Crippen MR) is 494 cm³/mol. The largest absolute Gasteiger partial charge is 0.452 e. The van der Waals surface area contributed by atoms with Crippen molar-refractivity contribution in [2.75, 3.05) is 9.80 Å². The molecule has 0 unspecified atom stereocenters. The number of hydrogen-bond acceptors (Lipinski definition) is 3. The van der Waals surface area contributed by atoms with Gasteiger partial charge in [0, 0.05) is 88.3 Å². The molecule has 4 aromatic heterocycles. The summed E-state index contributed by atoms with van der Waals surface area (Å²) in [5.74, 6) is 0. The Kier molecular flexibility index (Phi) is 13.9. The van der Waals surface area contributed by atoms with E-state index < -0.39 is 48.4 Å². The number of nitrogens with zero attached hydrogens (tertiary/aromatic N) is 5. The molecule has 0 saturated carbocycles. The van der Waals surface area contributed by atoms with E-state index in [1.165, 1.54) is 49.4 Å². The fraction of sp³-hybridized carbons (Fsp3) is 0.222. The highest BCUT2D eigenvalue weighted by molar-refractivity contribution is 7.00. The summed E-state index contributed by atoms with van der Waals surface area (Å²) in [4.78, 5) is 5.09. The Balaban J connectivity index is 0.946. The van der Waals surface area contributed by atoms with E-state index >= 15 is 0 Å². The molecule has 0 aliphatic carbocycles. The van der Waals surface area contributed by atoms with E-state index in [1.807, 2.05) is 18.2 Å². The molecule has 0 fully saturated rings. The number of para-hydroxylation sites is 4. The third kappa shape index (κ3) is 11.3. The average Bonchev–Trinajstić information content (AvgIpc) is 1.67. The maximum Gasteiger partial charge on any atom is 0.252 e. The van der Waals surface area contributed by atoms with E-state index in [0.717, 1.165) is 117 Å². The second-order valence-corrected chi connectivity index (χ2v) is 38.5. The number of rotatable bonds is 7. The Morgan fingerprint density at radius 1 is 0.270 bits per heavy atom. The minimum absolute atomic E-state index is 0.00920. The smallest absolute Gasteiger partial charge is 0.252 e. The maximum atomic E-state index is 9.70. The molecule has 6 nitrogen and oxygen atoms in total. The van der Waals surface area contributed by atoms with E-state index in [-0.39, 0.29) is 61.0 Å². The summed E-state index contributed by atoms with van der Waals surface area (Å²) >= 11 is 0. The maximum absolute atomic E-state index is 9.70. The molecule has 7 heteroatoms. The van der Waals surface area contributed by atoms with Crippen LogP contribution in [0.2, 0.25) is 0 Å². The molecule has 2 aliphatic rings. The summed E-state index contributed by atoms with van der Waals surface area (Å²) in [5, 5.41) is 6.18. The van der Waals surface area contributed by atoms with E-state index in [0.29, 0.717) is 22.2 Å². The Morgan fingerprint density at radius 3 is 1.04 bits per heavy atom. The molecule has 566 valence electrons. The van der Waals surface area contributed by atoms with Gasteiger partial charge in [0.25, 0.3) is 6.71 Å². The molecule has 0 spiro atoms. The van der Waals surface area contributed by atoms with Gasteiger partial charge in [0.2, 0.25) is 0 Å². The van der Waals surface area contributed by atoms with Crippen LogP contribution in [0, 0.1) is 0 Å². The summed E-state index contributed by atoms with van der Waals surface area (Å²) < 4.78 is 88.9. The van der Waals surface area contributed by atoms with Gasteiger partial charge in [0.15, 0.2) is 11.2 Å². The molecule has 0 radical (unpaired) electrons. The first-order valence-electron chi connectivity index (χ1n) is 44.7. The summed E-state index contributed by atoms with van der Waals surface area (Å²) in [6.45, 7) is 41.0. The number of aromatic nitrogens is 3. The van der Waals surface area contributed by atoms with Crippen LogP contribution in [0.5, 0.6) is 0 Å². The predicted octanol–water partition coefficient (Wildman–Crippen LogP) is 28.1. The lowest BCUT2D eigenvalue weighted by Gasteiger charge is -2.46. The number of anilines is 6. The van der Waals surface area contributed by atoms with Gasteiger partial charge < -0.3 is 27.9 Å². The van der Waals surface area contributed by atoms with Crippen molar-refractivity contribution in [1.29, 1.82) is 0 Å². The van der Waals surface area contributed by atoms with Crippen LogP contribution in [0.4, 0.5) is 34.1 Å². The first-order valence-corrected chi connectivity index (χ1v) is 40.7. The Labute approximate surface area is 688 Å². The minimum Gasteiger partial charge on any atom is -0.452 e. The highest BCUT2D eigenvalue weighted by Crippen LogP contribution is 2.55. The number of hydrogen-bond donors (Lipinski definition) is 0. The molecule has 2 aliphatic heterocycles. The van der Waals surface area contributed by atoms with Crippen LogP contribution in [0.15, 0.2) is 283 Å². The minimum atomic E-state index is -0.509. The van der Waals surface area contributed by atoms with E-state index in [9.17, 15) is 5.48 Å². The lowest BCUT2D eigenvalue weighted by atomic mass is 9.33. The highest BCUT2D eigenvalue weighted by atomic mass is 16.3. The molecule has 14 aromatic carbocycles. The van der Waals surface area contributed by atoms with Crippen LogP contribution in [-0.4, -0.2) is 20.4 Å². The lowest BCUT2D eigenvalue weighted by Crippen LogP contribution is -2.61. The number of furan rings is 1. The quantitative estimate of drug-likeness (QED) is 0.149. The normalized spacial score (nSPS) is 14.6. The van der Waals surface area contributed by atoms with Crippen molar-refractivity contribution in [3.05, 3.63) is 312 Å². The molecule has 0 atom stereocenters. The van der Waals surface area contributed by atoms with Crippen molar-refractivity contribution >= 4 is 145 Å². The zero-order valence-electron chi connectivity index (χ0n) is 77.2. The van der Waals surface area contributed by atoms with E-state index in [4.69, 9.17) is 9.90 Å². The summed E-state index contributed by atoms with van der Waals surface area (Å²) in [5.41, 5.74) is 27.0. The Bertz CT molecular complexity index is 7330. The third-order valence-corrected chi connectivity index (χ3v) is 24.8. The van der Waals surface area contributed by atoms with Gasteiger partial charge >= 0.3 is 0 Å². The second-order valence-electron chi connectivity index (χ2n) is 38.5. The van der Waals surface area contributed by atoms with Gasteiger partial charge in [-0.2, -0.15) is 0 Å². The second kappa shape index (κ2) is 25.2. The lowest BCUT2D eigenvalue weighted by molar-refractivity contribution is 0.590. The SMILES string of the molecule is [2H]c1c([2H])c([2H])c2c(c1[2H])c1c([2H])c([2H])c([2H])c([2H])c1n2-c1cccc2c1oc1c(N3c4cc(-n5c6ccc(C(C)(C)C)cc6c6cc(C(C)(C)C)ccc65)ccc4B4c5ccc(-n6c7ccc(C(C)(C)C)cc7c7cc(C(C)(C)C)ccc76)cc5N(c5c(-c6ccccc6)cc(C(C)(C)C)cc5-c5ccccc5)c5cc(C(C)(C)C)cc3c54)cccc12. The molecule has 0 amide bonds. The summed E-state index contributed by atoms with van der Waals surface area (Å²) in [6, 6.07) is 82.8. The summed E-state index contributed by atoms with van der Waals surface area (Å²) in [7, 11) is 0. The van der Waals surface area contributed by atoms with Crippen molar-refractivity contribution in [2.24, 2.45) is 0 Å².